The molecule has 0 spiro atoms. The highest BCUT2D eigenvalue weighted by atomic mass is 16.5. The molecule has 4 rings (SSSR count). The molecule has 2 aromatic heterocycles. The fourth-order valence-corrected chi connectivity index (χ4v) is 3.77. The smallest absolute Gasteiger partial charge is 0.332 e. The number of benzene rings is 1. The molecular formula is C21H27N5O5. The van der Waals surface area contributed by atoms with Gasteiger partial charge in [0, 0.05) is 27.2 Å². The maximum absolute atomic E-state index is 12.9. The van der Waals surface area contributed by atoms with Crippen molar-refractivity contribution >= 4 is 17.1 Å². The Labute approximate surface area is 178 Å². The molecule has 0 aliphatic carbocycles. The average Bonchev–Trinajstić information content (AvgIpc) is 3.14. The van der Waals surface area contributed by atoms with E-state index in [1.54, 1.807) is 11.6 Å². The molecule has 0 unspecified atom stereocenters. The first-order chi connectivity index (χ1) is 14.9. The number of imidazole rings is 1. The molecule has 1 saturated heterocycles. The number of aliphatic hydroxyl groups excluding tert-OH is 1. The van der Waals surface area contributed by atoms with Gasteiger partial charge in [-0.2, -0.15) is 4.98 Å². The van der Waals surface area contributed by atoms with E-state index in [1.807, 2.05) is 36.1 Å². The first kappa shape index (κ1) is 21.1. The summed E-state index contributed by atoms with van der Waals surface area (Å²) in [6.07, 6.45) is -0.889. The number of anilines is 1. The molecule has 3 aromatic rings. The molecule has 1 fully saturated rings. The molecular weight excluding hydrogens is 402 g/mol. The Morgan fingerprint density at radius 2 is 1.94 bits per heavy atom. The first-order valence-corrected chi connectivity index (χ1v) is 10.2. The zero-order valence-corrected chi connectivity index (χ0v) is 17.9. The predicted molar refractivity (Wildman–Crippen MR) is 116 cm³/mol. The molecule has 0 radical (unpaired) electrons. The summed E-state index contributed by atoms with van der Waals surface area (Å²) < 4.78 is 15.3. The van der Waals surface area contributed by atoms with Crippen molar-refractivity contribution in [3.8, 4) is 5.75 Å². The van der Waals surface area contributed by atoms with Crippen molar-refractivity contribution in [2.75, 3.05) is 37.8 Å². The maximum Gasteiger partial charge on any atom is 0.332 e. The summed E-state index contributed by atoms with van der Waals surface area (Å²) in [5, 5.41) is 10.7. The van der Waals surface area contributed by atoms with Gasteiger partial charge < -0.3 is 24.0 Å². The molecule has 10 nitrogen and oxygen atoms in total. The number of aliphatic hydroxyl groups is 1. The summed E-state index contributed by atoms with van der Waals surface area (Å²) in [5.41, 5.74) is 0.740. The van der Waals surface area contributed by atoms with Gasteiger partial charge in [-0.3, -0.25) is 13.9 Å². The second-order valence-electron chi connectivity index (χ2n) is 7.78. The van der Waals surface area contributed by atoms with Crippen molar-refractivity contribution in [2.45, 2.75) is 19.6 Å². The van der Waals surface area contributed by atoms with Crippen LogP contribution in [0.1, 0.15) is 5.56 Å². The van der Waals surface area contributed by atoms with E-state index in [2.05, 4.69) is 4.98 Å². The molecule has 31 heavy (non-hydrogen) atoms. The highest BCUT2D eigenvalue weighted by Gasteiger charge is 2.25. The van der Waals surface area contributed by atoms with Gasteiger partial charge in [-0.25, -0.2) is 4.79 Å². The normalized spacial score (nSPS) is 15.4. The number of nitrogens with zero attached hydrogens (tertiary/aromatic N) is 5. The SMILES string of the molecule is Cc1cccc(OC[C@@H](O)Cn2c(N3CCOCC3)nc3c2c(=O)n(C)c(=O)n3C)c1. The third kappa shape index (κ3) is 4.08. The van der Waals surface area contributed by atoms with Gasteiger partial charge in [-0.1, -0.05) is 12.1 Å². The summed E-state index contributed by atoms with van der Waals surface area (Å²) in [7, 11) is 3.02. The van der Waals surface area contributed by atoms with E-state index < -0.39 is 17.4 Å². The Bertz CT molecular complexity index is 1210. The fourth-order valence-electron chi connectivity index (χ4n) is 3.77. The van der Waals surface area contributed by atoms with Crippen LogP contribution in [0.25, 0.3) is 11.2 Å². The minimum atomic E-state index is -0.889. The van der Waals surface area contributed by atoms with Crippen LogP contribution < -0.4 is 20.9 Å². The Morgan fingerprint density at radius 3 is 2.65 bits per heavy atom. The van der Waals surface area contributed by atoms with Crippen molar-refractivity contribution < 1.29 is 14.6 Å². The average molecular weight is 429 g/mol. The van der Waals surface area contributed by atoms with E-state index in [9.17, 15) is 14.7 Å². The van der Waals surface area contributed by atoms with Crippen LogP contribution in [0.5, 0.6) is 5.75 Å². The molecule has 3 heterocycles. The van der Waals surface area contributed by atoms with Crippen LogP contribution in [0.15, 0.2) is 33.9 Å². The second kappa shape index (κ2) is 8.56. The lowest BCUT2D eigenvalue weighted by atomic mass is 10.2. The molecule has 1 aromatic carbocycles. The Hall–Kier alpha value is -3.11. The van der Waals surface area contributed by atoms with E-state index in [-0.39, 0.29) is 18.7 Å². The predicted octanol–water partition coefficient (Wildman–Crippen LogP) is 0.0186. The van der Waals surface area contributed by atoms with E-state index in [0.717, 1.165) is 10.1 Å². The van der Waals surface area contributed by atoms with Gasteiger partial charge in [-0.15, -0.1) is 0 Å². The Kier molecular flexibility index (Phi) is 5.84. The van der Waals surface area contributed by atoms with Crippen LogP contribution in [0.3, 0.4) is 0 Å². The van der Waals surface area contributed by atoms with Gasteiger partial charge in [-0.05, 0) is 24.6 Å². The molecule has 1 atom stereocenters. The molecule has 1 aliphatic rings. The zero-order chi connectivity index (χ0) is 22.1. The minimum Gasteiger partial charge on any atom is -0.491 e. The molecule has 0 amide bonds. The molecule has 1 aliphatic heterocycles. The van der Waals surface area contributed by atoms with Gasteiger partial charge in [0.2, 0.25) is 5.95 Å². The summed E-state index contributed by atoms with van der Waals surface area (Å²) in [4.78, 5) is 31.9. The minimum absolute atomic E-state index is 0.0533. The van der Waals surface area contributed by atoms with Gasteiger partial charge in [0.15, 0.2) is 11.2 Å². The highest BCUT2D eigenvalue weighted by molar-refractivity contribution is 5.74. The fraction of sp³-hybridized carbons (Fsp3) is 0.476. The van der Waals surface area contributed by atoms with Crippen LogP contribution in [0.4, 0.5) is 5.95 Å². The van der Waals surface area contributed by atoms with Crippen molar-refractivity contribution in [3.05, 3.63) is 50.7 Å². The largest absolute Gasteiger partial charge is 0.491 e. The van der Waals surface area contributed by atoms with E-state index in [0.29, 0.717) is 43.6 Å². The summed E-state index contributed by atoms with van der Waals surface area (Å²) >= 11 is 0. The van der Waals surface area contributed by atoms with Gasteiger partial charge in [0.05, 0.1) is 19.8 Å². The van der Waals surface area contributed by atoms with Crippen molar-refractivity contribution in [1.82, 2.24) is 18.7 Å². The third-order valence-corrected chi connectivity index (χ3v) is 5.45. The number of hydrogen-bond acceptors (Lipinski definition) is 7. The summed E-state index contributed by atoms with van der Waals surface area (Å²) in [6, 6.07) is 7.58. The number of aryl methyl sites for hydroxylation is 2. The summed E-state index contributed by atoms with van der Waals surface area (Å²) in [5.74, 6) is 1.20. The Balaban J connectivity index is 1.70. The lowest BCUT2D eigenvalue weighted by Crippen LogP contribution is -2.39. The number of fused-ring (bicyclic) bond motifs is 1. The molecule has 0 bridgehead atoms. The van der Waals surface area contributed by atoms with Gasteiger partial charge in [0.1, 0.15) is 18.5 Å². The van der Waals surface area contributed by atoms with E-state index in [4.69, 9.17) is 9.47 Å². The monoisotopic (exact) mass is 429 g/mol. The molecule has 166 valence electrons. The van der Waals surface area contributed by atoms with E-state index in [1.165, 1.54) is 11.6 Å². The molecule has 1 N–H and O–H groups in total. The van der Waals surface area contributed by atoms with Crippen LogP contribution >= 0.6 is 0 Å². The third-order valence-electron chi connectivity index (χ3n) is 5.45. The Morgan fingerprint density at radius 1 is 1.19 bits per heavy atom. The lowest BCUT2D eigenvalue weighted by Gasteiger charge is -2.28. The molecule has 10 heteroatoms. The summed E-state index contributed by atoms with van der Waals surface area (Å²) in [6.45, 7) is 4.41. The highest BCUT2D eigenvalue weighted by Crippen LogP contribution is 2.21. The number of rotatable bonds is 6. The van der Waals surface area contributed by atoms with Crippen LogP contribution in [0, 0.1) is 6.92 Å². The number of hydrogen-bond donors (Lipinski definition) is 1. The topological polar surface area (TPSA) is 104 Å². The number of aromatic nitrogens is 4. The number of morpholine rings is 1. The lowest BCUT2D eigenvalue weighted by molar-refractivity contribution is 0.0927. The number of ether oxygens (including phenoxy) is 2. The second-order valence-corrected chi connectivity index (χ2v) is 7.78. The quantitative estimate of drug-likeness (QED) is 0.589. The van der Waals surface area contributed by atoms with Gasteiger partial charge in [0.25, 0.3) is 5.56 Å². The van der Waals surface area contributed by atoms with Crippen LogP contribution in [0.2, 0.25) is 0 Å². The van der Waals surface area contributed by atoms with Crippen molar-refractivity contribution in [3.63, 3.8) is 0 Å². The van der Waals surface area contributed by atoms with Gasteiger partial charge >= 0.3 is 5.69 Å². The standard InChI is InChI=1S/C21H27N5O5/c1-14-5-4-6-16(11-14)31-13-15(27)12-26-17-18(23(2)21(29)24(3)19(17)28)22-20(26)25-7-9-30-10-8-25/h4-6,11,15,27H,7-10,12-13H2,1-3H3/t15-/m0/s1. The van der Waals surface area contributed by atoms with Crippen LogP contribution in [-0.2, 0) is 25.4 Å². The van der Waals surface area contributed by atoms with Crippen molar-refractivity contribution in [2.24, 2.45) is 14.1 Å². The first-order valence-electron chi connectivity index (χ1n) is 10.2. The van der Waals surface area contributed by atoms with Crippen LogP contribution in [-0.4, -0.2) is 62.8 Å². The zero-order valence-electron chi connectivity index (χ0n) is 17.9. The maximum atomic E-state index is 12.9. The van der Waals surface area contributed by atoms with Crippen molar-refractivity contribution in [1.29, 1.82) is 0 Å². The van der Waals surface area contributed by atoms with E-state index >= 15 is 0 Å². The molecule has 0 saturated carbocycles.